The number of guanidine groups is 1. The van der Waals surface area contributed by atoms with Crippen LogP contribution in [-0.2, 0) is 14.2 Å². The maximum Gasteiger partial charge on any atom is 0.193 e. The van der Waals surface area contributed by atoms with Crippen molar-refractivity contribution in [2.75, 3.05) is 84.3 Å². The molecule has 3 saturated heterocycles. The van der Waals surface area contributed by atoms with E-state index in [1.807, 2.05) is 0 Å². The first-order valence-corrected chi connectivity index (χ1v) is 12.5. The van der Waals surface area contributed by atoms with Gasteiger partial charge < -0.3 is 24.4 Å². The van der Waals surface area contributed by atoms with Crippen molar-refractivity contribution in [3.63, 3.8) is 0 Å². The molecule has 8 heteroatoms. The van der Waals surface area contributed by atoms with E-state index in [0.29, 0.717) is 6.10 Å². The van der Waals surface area contributed by atoms with Gasteiger partial charge in [0.2, 0.25) is 0 Å². The van der Waals surface area contributed by atoms with Gasteiger partial charge in [0.1, 0.15) is 0 Å². The van der Waals surface area contributed by atoms with Crippen LogP contribution in [0, 0.1) is 0 Å². The minimum Gasteiger partial charge on any atom is -0.385 e. The highest BCUT2D eigenvalue weighted by Crippen LogP contribution is 2.34. The molecule has 0 saturated carbocycles. The fraction of sp³-hybridized carbons (Fsp3) is 0.952. The minimum absolute atomic E-state index is 0.206. The monoisotopic (exact) mass is 428 g/mol. The van der Waals surface area contributed by atoms with E-state index < -0.39 is 0 Å². The van der Waals surface area contributed by atoms with Crippen LogP contribution in [0.2, 0.25) is 0 Å². The summed E-state index contributed by atoms with van der Waals surface area (Å²) in [6, 6.07) is 0. The van der Waals surface area contributed by atoms with Gasteiger partial charge in [-0.1, -0.05) is 0 Å². The fourth-order valence-electron chi connectivity index (χ4n) is 4.44. The van der Waals surface area contributed by atoms with Crippen molar-refractivity contribution in [3.05, 3.63) is 0 Å². The Kier molecular flexibility index (Phi) is 9.85. The molecule has 3 fully saturated rings. The van der Waals surface area contributed by atoms with E-state index in [1.54, 1.807) is 7.11 Å². The number of rotatable bonds is 9. The number of ether oxygens (including phenoxy) is 3. The lowest BCUT2D eigenvalue weighted by Gasteiger charge is -2.42. The molecule has 0 aliphatic carbocycles. The van der Waals surface area contributed by atoms with Crippen molar-refractivity contribution >= 4 is 17.7 Å². The maximum atomic E-state index is 6.02. The number of nitrogens with one attached hydrogen (secondary N) is 1. The standard InChI is InChI=1S/C21H40N4O3S/c1-3-22-20(24-8-5-19(6-9-24)28-13-4-12-26-2)23-17-21(7-16-29-18-21)25-10-14-27-15-11-25/h19H,3-18H2,1-2H3,(H,22,23). The second-order valence-electron chi connectivity index (χ2n) is 8.20. The summed E-state index contributed by atoms with van der Waals surface area (Å²) in [5.74, 6) is 3.51. The summed E-state index contributed by atoms with van der Waals surface area (Å²) in [6.45, 7) is 11.3. The number of piperidine rings is 1. The Morgan fingerprint density at radius 1 is 1.21 bits per heavy atom. The van der Waals surface area contributed by atoms with Crippen LogP contribution in [0.1, 0.15) is 32.6 Å². The maximum absolute atomic E-state index is 6.02. The van der Waals surface area contributed by atoms with Gasteiger partial charge in [0.05, 0.1) is 31.4 Å². The van der Waals surface area contributed by atoms with Crippen molar-refractivity contribution in [2.24, 2.45) is 4.99 Å². The predicted molar refractivity (Wildman–Crippen MR) is 120 cm³/mol. The van der Waals surface area contributed by atoms with E-state index >= 15 is 0 Å². The molecule has 0 spiro atoms. The molecule has 0 aromatic heterocycles. The van der Waals surface area contributed by atoms with Gasteiger partial charge in [-0.05, 0) is 38.4 Å². The second kappa shape index (κ2) is 12.3. The minimum atomic E-state index is 0.206. The molecule has 29 heavy (non-hydrogen) atoms. The number of hydrogen-bond donors (Lipinski definition) is 1. The summed E-state index contributed by atoms with van der Waals surface area (Å²) in [6.07, 6.45) is 4.72. The molecule has 3 rings (SSSR count). The number of hydrogen-bond acceptors (Lipinski definition) is 6. The molecular formula is C21H40N4O3S. The number of likely N-dealkylation sites (tertiary alicyclic amines) is 1. The van der Waals surface area contributed by atoms with Crippen LogP contribution in [0.4, 0.5) is 0 Å². The Morgan fingerprint density at radius 3 is 2.66 bits per heavy atom. The lowest BCUT2D eigenvalue weighted by atomic mass is 9.96. The first kappa shape index (κ1) is 23.1. The molecule has 0 radical (unpaired) electrons. The van der Waals surface area contributed by atoms with Gasteiger partial charge in [-0.3, -0.25) is 9.89 Å². The van der Waals surface area contributed by atoms with Gasteiger partial charge in [-0.2, -0.15) is 11.8 Å². The first-order valence-electron chi connectivity index (χ1n) is 11.3. The molecule has 1 unspecified atom stereocenters. The summed E-state index contributed by atoms with van der Waals surface area (Å²) in [7, 11) is 1.74. The van der Waals surface area contributed by atoms with Gasteiger partial charge >= 0.3 is 0 Å². The summed E-state index contributed by atoms with van der Waals surface area (Å²) >= 11 is 2.08. The smallest absolute Gasteiger partial charge is 0.193 e. The summed E-state index contributed by atoms with van der Waals surface area (Å²) in [5.41, 5.74) is 0.206. The first-order chi connectivity index (χ1) is 14.3. The highest BCUT2D eigenvalue weighted by molar-refractivity contribution is 7.99. The lowest BCUT2D eigenvalue weighted by molar-refractivity contribution is -0.0106. The van der Waals surface area contributed by atoms with Crippen LogP contribution in [0.15, 0.2) is 4.99 Å². The molecule has 3 heterocycles. The molecule has 0 aromatic carbocycles. The normalized spacial score (nSPS) is 27.5. The topological polar surface area (TPSA) is 58.6 Å². The summed E-state index contributed by atoms with van der Waals surface area (Å²) < 4.78 is 16.7. The fourth-order valence-corrected chi connectivity index (χ4v) is 5.91. The van der Waals surface area contributed by atoms with Crippen molar-refractivity contribution in [3.8, 4) is 0 Å². The van der Waals surface area contributed by atoms with E-state index in [9.17, 15) is 0 Å². The van der Waals surface area contributed by atoms with Gasteiger partial charge in [0.25, 0.3) is 0 Å². The molecule has 1 N–H and O–H groups in total. The van der Waals surface area contributed by atoms with E-state index in [2.05, 4.69) is 33.8 Å². The highest BCUT2D eigenvalue weighted by atomic mass is 32.2. The van der Waals surface area contributed by atoms with Crippen LogP contribution in [0.5, 0.6) is 0 Å². The summed E-state index contributed by atoms with van der Waals surface area (Å²) in [4.78, 5) is 10.2. The van der Waals surface area contributed by atoms with Gasteiger partial charge in [-0.15, -0.1) is 0 Å². The molecule has 168 valence electrons. The van der Waals surface area contributed by atoms with Crippen molar-refractivity contribution < 1.29 is 14.2 Å². The zero-order valence-electron chi connectivity index (χ0n) is 18.4. The Bertz CT molecular complexity index is 488. The average molecular weight is 429 g/mol. The van der Waals surface area contributed by atoms with Gasteiger partial charge in [0.15, 0.2) is 5.96 Å². The van der Waals surface area contributed by atoms with Crippen molar-refractivity contribution in [2.45, 2.75) is 44.2 Å². The molecule has 0 aromatic rings. The quantitative estimate of drug-likeness (QED) is 0.341. The number of morpholine rings is 1. The Morgan fingerprint density at radius 2 is 2.00 bits per heavy atom. The molecule has 0 bridgehead atoms. The Hall–Kier alpha value is -0.540. The zero-order chi connectivity index (χ0) is 20.4. The van der Waals surface area contributed by atoms with Crippen LogP contribution in [0.25, 0.3) is 0 Å². The van der Waals surface area contributed by atoms with E-state index in [0.717, 1.165) is 90.9 Å². The number of thioether (sulfide) groups is 1. The number of nitrogens with zero attached hydrogens (tertiary/aromatic N) is 3. The Labute approximate surface area is 180 Å². The van der Waals surface area contributed by atoms with Gasteiger partial charge in [-0.25, -0.2) is 0 Å². The molecule has 1 atom stereocenters. The van der Waals surface area contributed by atoms with E-state index in [1.165, 1.54) is 17.9 Å². The molecule has 3 aliphatic heterocycles. The van der Waals surface area contributed by atoms with Crippen molar-refractivity contribution in [1.82, 2.24) is 15.1 Å². The third kappa shape index (κ3) is 6.72. The number of methoxy groups -OCH3 is 1. The van der Waals surface area contributed by atoms with Crippen LogP contribution >= 0.6 is 11.8 Å². The van der Waals surface area contributed by atoms with Crippen LogP contribution in [-0.4, -0.2) is 112 Å². The van der Waals surface area contributed by atoms with E-state index in [4.69, 9.17) is 19.2 Å². The lowest BCUT2D eigenvalue weighted by Crippen LogP contribution is -2.56. The average Bonchev–Trinajstić information content (AvgIpc) is 3.26. The third-order valence-corrected chi connectivity index (χ3v) is 7.44. The predicted octanol–water partition coefficient (Wildman–Crippen LogP) is 1.68. The van der Waals surface area contributed by atoms with Crippen LogP contribution in [0.3, 0.4) is 0 Å². The van der Waals surface area contributed by atoms with E-state index in [-0.39, 0.29) is 5.54 Å². The van der Waals surface area contributed by atoms with Crippen LogP contribution < -0.4 is 5.32 Å². The molecule has 7 nitrogen and oxygen atoms in total. The highest BCUT2D eigenvalue weighted by Gasteiger charge is 2.40. The molecular weight excluding hydrogens is 388 g/mol. The largest absolute Gasteiger partial charge is 0.385 e. The zero-order valence-corrected chi connectivity index (χ0v) is 19.2. The molecule has 3 aliphatic rings. The molecule has 0 amide bonds. The summed E-state index contributed by atoms with van der Waals surface area (Å²) in [5, 5.41) is 3.54. The Balaban J connectivity index is 1.54. The second-order valence-corrected chi connectivity index (χ2v) is 9.31. The van der Waals surface area contributed by atoms with Gasteiger partial charge in [0, 0.05) is 58.8 Å². The van der Waals surface area contributed by atoms with Crippen molar-refractivity contribution in [1.29, 1.82) is 0 Å². The SMILES string of the molecule is CCNC(=NCC1(N2CCOCC2)CCSC1)N1CCC(OCCCOC)CC1. The third-order valence-electron chi connectivity index (χ3n) is 6.21. The number of aliphatic imine (C=N–C) groups is 1.